The van der Waals surface area contributed by atoms with E-state index in [4.69, 9.17) is 10.2 Å². The fourth-order valence-electron chi connectivity index (χ4n) is 3.00. The zero-order valence-corrected chi connectivity index (χ0v) is 17.8. The van der Waals surface area contributed by atoms with E-state index in [-0.39, 0.29) is 17.6 Å². The average molecular weight is 428 g/mol. The minimum Gasteiger partial charge on any atom is -0.467 e. The van der Waals surface area contributed by atoms with Crippen LogP contribution in [0.4, 0.5) is 0 Å². The van der Waals surface area contributed by atoms with Crippen LogP contribution >= 0.6 is 11.8 Å². The first-order chi connectivity index (χ1) is 14.4. The van der Waals surface area contributed by atoms with Crippen LogP contribution < -0.4 is 5.73 Å². The lowest BCUT2D eigenvalue weighted by molar-refractivity contribution is -0.129. The monoisotopic (exact) mass is 427 g/mol. The summed E-state index contributed by atoms with van der Waals surface area (Å²) in [6.07, 6.45) is 2.15. The van der Waals surface area contributed by atoms with Gasteiger partial charge in [0.2, 0.25) is 11.8 Å². The van der Waals surface area contributed by atoms with E-state index in [1.165, 1.54) is 11.8 Å². The van der Waals surface area contributed by atoms with E-state index in [0.29, 0.717) is 30.5 Å². The zero-order valence-electron chi connectivity index (χ0n) is 17.0. The number of nitrogens with zero attached hydrogens (tertiary/aromatic N) is 4. The lowest BCUT2D eigenvalue weighted by atomic mass is 10.2. The number of thioether (sulfide) groups is 1. The fourth-order valence-corrected chi connectivity index (χ4v) is 3.98. The number of amides is 2. The molecule has 0 bridgehead atoms. The number of hydrogen-bond donors (Lipinski definition) is 1. The lowest BCUT2D eigenvalue weighted by Crippen LogP contribution is -2.33. The van der Waals surface area contributed by atoms with Crippen molar-refractivity contribution in [3.8, 4) is 0 Å². The smallest absolute Gasteiger partial charge is 0.235 e. The first-order valence-corrected chi connectivity index (χ1v) is 10.5. The molecule has 2 aromatic heterocycles. The molecular formula is C21H25N5O3S. The molecule has 0 saturated carbocycles. The summed E-state index contributed by atoms with van der Waals surface area (Å²) in [6, 6.07) is 13.5. The topological polar surface area (TPSA) is 107 Å². The molecule has 0 aliphatic rings. The highest BCUT2D eigenvalue weighted by atomic mass is 32.2. The molecule has 1 aromatic carbocycles. The molecule has 2 heterocycles. The molecule has 3 aromatic rings. The maximum atomic E-state index is 12.9. The molecule has 8 nitrogen and oxygen atoms in total. The molecule has 2 amide bonds. The average Bonchev–Trinajstić information content (AvgIpc) is 3.37. The summed E-state index contributed by atoms with van der Waals surface area (Å²) in [5, 5.41) is 8.70. The van der Waals surface area contributed by atoms with Crippen molar-refractivity contribution in [3.05, 3.63) is 65.9 Å². The highest BCUT2D eigenvalue weighted by Crippen LogP contribution is 2.25. The zero-order chi connectivity index (χ0) is 21.5. The molecule has 0 aliphatic carbocycles. The Labute approximate surface area is 179 Å². The third-order valence-corrected chi connectivity index (χ3v) is 5.62. The number of primary amides is 1. The van der Waals surface area contributed by atoms with Gasteiger partial charge in [0.1, 0.15) is 11.6 Å². The quantitative estimate of drug-likeness (QED) is 0.498. The minimum absolute atomic E-state index is 0.00455. The van der Waals surface area contributed by atoms with Gasteiger partial charge in [-0.25, -0.2) is 0 Å². The van der Waals surface area contributed by atoms with Gasteiger partial charge >= 0.3 is 0 Å². The Morgan fingerprint density at radius 1 is 1.20 bits per heavy atom. The third kappa shape index (κ3) is 5.73. The second kappa shape index (κ2) is 10.1. The Bertz CT molecular complexity index is 972. The maximum absolute atomic E-state index is 12.9. The lowest BCUT2D eigenvalue weighted by Gasteiger charge is -2.21. The van der Waals surface area contributed by atoms with Crippen molar-refractivity contribution in [2.24, 2.45) is 5.73 Å². The second-order valence-corrected chi connectivity index (χ2v) is 8.28. The van der Waals surface area contributed by atoms with Gasteiger partial charge < -0.3 is 15.1 Å². The second-order valence-electron chi connectivity index (χ2n) is 6.97. The summed E-state index contributed by atoms with van der Waals surface area (Å²) < 4.78 is 7.32. The van der Waals surface area contributed by atoms with Crippen LogP contribution in [0.15, 0.2) is 58.3 Å². The van der Waals surface area contributed by atoms with Gasteiger partial charge in [-0.05, 0) is 24.6 Å². The van der Waals surface area contributed by atoms with Crippen LogP contribution in [0.2, 0.25) is 0 Å². The molecule has 0 aliphatic heterocycles. The number of aryl methyl sites for hydroxylation is 1. The Hall–Kier alpha value is -3.07. The molecule has 30 heavy (non-hydrogen) atoms. The number of carbonyl (C=O) groups is 2. The van der Waals surface area contributed by atoms with Crippen molar-refractivity contribution in [3.63, 3.8) is 0 Å². The number of carbonyl (C=O) groups excluding carboxylic acids is 2. The molecule has 3 rings (SSSR count). The Morgan fingerprint density at radius 3 is 2.63 bits per heavy atom. The van der Waals surface area contributed by atoms with Crippen molar-refractivity contribution in [1.29, 1.82) is 0 Å². The normalized spacial score (nSPS) is 11.9. The Kier molecular flexibility index (Phi) is 7.29. The third-order valence-electron chi connectivity index (χ3n) is 4.55. The summed E-state index contributed by atoms with van der Waals surface area (Å²) >= 11 is 1.33. The number of furan rings is 1. The molecule has 0 fully saturated rings. The van der Waals surface area contributed by atoms with Crippen LogP contribution in [0.5, 0.6) is 0 Å². The number of nitrogens with two attached hydrogens (primary N) is 1. The van der Waals surface area contributed by atoms with Gasteiger partial charge in [0.15, 0.2) is 5.16 Å². The van der Waals surface area contributed by atoms with Crippen LogP contribution in [-0.4, -0.2) is 43.8 Å². The number of benzene rings is 1. The van der Waals surface area contributed by atoms with Crippen LogP contribution in [0, 0.1) is 0 Å². The van der Waals surface area contributed by atoms with Crippen molar-refractivity contribution in [2.75, 3.05) is 7.05 Å². The van der Waals surface area contributed by atoms with E-state index in [1.54, 1.807) is 24.3 Å². The van der Waals surface area contributed by atoms with Gasteiger partial charge in [-0.3, -0.25) is 14.2 Å². The molecule has 1 unspecified atom stereocenters. The van der Waals surface area contributed by atoms with E-state index in [2.05, 4.69) is 10.2 Å². The number of hydrogen-bond acceptors (Lipinski definition) is 6. The van der Waals surface area contributed by atoms with Gasteiger partial charge in [-0.15, -0.1) is 10.2 Å². The molecule has 158 valence electrons. The summed E-state index contributed by atoms with van der Waals surface area (Å²) in [6.45, 7) is 2.80. The van der Waals surface area contributed by atoms with E-state index in [1.807, 2.05) is 47.9 Å². The van der Waals surface area contributed by atoms with Gasteiger partial charge in [0.25, 0.3) is 0 Å². The van der Waals surface area contributed by atoms with E-state index < -0.39 is 5.91 Å². The summed E-state index contributed by atoms with van der Waals surface area (Å²) in [4.78, 5) is 25.8. The summed E-state index contributed by atoms with van der Waals surface area (Å²) in [5.41, 5.74) is 6.35. The van der Waals surface area contributed by atoms with Crippen molar-refractivity contribution in [1.82, 2.24) is 19.7 Å². The first-order valence-electron chi connectivity index (χ1n) is 9.62. The van der Waals surface area contributed by atoms with Gasteiger partial charge in [-0.2, -0.15) is 0 Å². The Morgan fingerprint density at radius 2 is 1.97 bits per heavy atom. The molecular weight excluding hydrogens is 402 g/mol. The van der Waals surface area contributed by atoms with Crippen molar-refractivity contribution < 1.29 is 14.0 Å². The van der Waals surface area contributed by atoms with E-state index in [9.17, 15) is 9.59 Å². The van der Waals surface area contributed by atoms with Crippen molar-refractivity contribution >= 4 is 23.6 Å². The number of rotatable bonds is 10. The largest absolute Gasteiger partial charge is 0.467 e. The molecule has 0 spiro atoms. The van der Waals surface area contributed by atoms with Crippen LogP contribution in [0.25, 0.3) is 0 Å². The molecule has 2 N–H and O–H groups in total. The first kappa shape index (κ1) is 21.6. The van der Waals surface area contributed by atoms with E-state index in [0.717, 1.165) is 11.3 Å². The van der Waals surface area contributed by atoms with Crippen LogP contribution in [-0.2, 0) is 29.1 Å². The van der Waals surface area contributed by atoms with Gasteiger partial charge in [-0.1, -0.05) is 42.1 Å². The standard InChI is InChI=1S/C21H25N5O3S/c1-15(20(28)25(2)13-16-7-4-3-5-8-16)30-21-24-23-19(11-10-18(22)27)26(21)14-17-9-6-12-29-17/h3-9,12,15H,10-11,13-14H2,1-2H3,(H2,22,27). The minimum atomic E-state index is -0.400. The molecule has 1 atom stereocenters. The maximum Gasteiger partial charge on any atom is 0.235 e. The SMILES string of the molecule is CC(Sc1nnc(CCC(N)=O)n1Cc1ccco1)C(=O)N(C)Cc1ccccc1. The predicted octanol–water partition coefficient (Wildman–Crippen LogP) is 2.48. The fraction of sp³-hybridized carbons (Fsp3) is 0.333. The van der Waals surface area contributed by atoms with Crippen LogP contribution in [0.1, 0.15) is 30.5 Å². The predicted molar refractivity (Wildman–Crippen MR) is 114 cm³/mol. The molecule has 9 heteroatoms. The highest BCUT2D eigenvalue weighted by molar-refractivity contribution is 8.00. The summed E-state index contributed by atoms with van der Waals surface area (Å²) in [5.74, 6) is 0.958. The van der Waals surface area contributed by atoms with Crippen LogP contribution in [0.3, 0.4) is 0 Å². The van der Waals surface area contributed by atoms with E-state index >= 15 is 0 Å². The van der Waals surface area contributed by atoms with Gasteiger partial charge in [0, 0.05) is 26.4 Å². The number of aromatic nitrogens is 3. The Balaban J connectivity index is 1.72. The summed E-state index contributed by atoms with van der Waals surface area (Å²) in [7, 11) is 1.79. The molecule has 0 radical (unpaired) electrons. The van der Waals surface area contributed by atoms with Crippen molar-refractivity contribution in [2.45, 2.75) is 43.3 Å². The highest BCUT2D eigenvalue weighted by Gasteiger charge is 2.23. The van der Waals surface area contributed by atoms with Gasteiger partial charge in [0.05, 0.1) is 18.1 Å². The molecule has 0 saturated heterocycles.